The molecular formula is C25H18N2. The third kappa shape index (κ3) is 2.81. The van der Waals surface area contributed by atoms with Gasteiger partial charge in [-0.05, 0) is 39.1 Å². The zero-order chi connectivity index (χ0) is 18.1. The minimum Gasteiger partial charge on any atom is -0.278 e. The van der Waals surface area contributed by atoms with Crippen LogP contribution < -0.4 is 5.43 Å². The first kappa shape index (κ1) is 15.6. The van der Waals surface area contributed by atoms with Gasteiger partial charge in [-0.3, -0.25) is 5.43 Å². The lowest BCUT2D eigenvalue weighted by Gasteiger charge is -2.09. The van der Waals surface area contributed by atoms with Gasteiger partial charge in [-0.15, -0.1) is 0 Å². The summed E-state index contributed by atoms with van der Waals surface area (Å²) in [4.78, 5) is 0. The second-order valence-electron chi connectivity index (χ2n) is 6.63. The van der Waals surface area contributed by atoms with Gasteiger partial charge in [0, 0.05) is 10.9 Å². The maximum atomic E-state index is 4.59. The number of rotatable bonds is 3. The highest BCUT2D eigenvalue weighted by molar-refractivity contribution is 6.13. The van der Waals surface area contributed by atoms with E-state index in [1.807, 2.05) is 12.3 Å². The largest absolute Gasteiger partial charge is 0.278 e. The number of hydrogen-bond acceptors (Lipinski definition) is 2. The number of hydrazone groups is 1. The number of anilines is 1. The summed E-state index contributed by atoms with van der Waals surface area (Å²) in [6.07, 6.45) is 1.94. The zero-order valence-electron chi connectivity index (χ0n) is 14.8. The van der Waals surface area contributed by atoms with Crippen molar-refractivity contribution in [3.63, 3.8) is 0 Å². The molecule has 0 amide bonds. The van der Waals surface area contributed by atoms with E-state index in [1.165, 1.54) is 32.3 Å². The fourth-order valence-corrected chi connectivity index (χ4v) is 3.68. The summed E-state index contributed by atoms with van der Waals surface area (Å²) in [6, 6.07) is 33.7. The van der Waals surface area contributed by atoms with Crippen molar-refractivity contribution in [2.45, 2.75) is 0 Å². The summed E-state index contributed by atoms with van der Waals surface area (Å²) in [5, 5.41) is 11.8. The van der Waals surface area contributed by atoms with Gasteiger partial charge in [0.05, 0.1) is 11.9 Å². The molecule has 0 radical (unpaired) electrons. The number of fused-ring (bicyclic) bond motifs is 3. The first-order chi connectivity index (χ1) is 13.4. The molecule has 0 saturated carbocycles. The highest BCUT2D eigenvalue weighted by atomic mass is 15.3. The van der Waals surface area contributed by atoms with Crippen molar-refractivity contribution in [1.82, 2.24) is 0 Å². The molecule has 0 saturated heterocycles. The van der Waals surface area contributed by atoms with Gasteiger partial charge < -0.3 is 0 Å². The molecule has 5 rings (SSSR count). The van der Waals surface area contributed by atoms with Crippen LogP contribution in [0.5, 0.6) is 0 Å². The van der Waals surface area contributed by atoms with Gasteiger partial charge in [0.2, 0.25) is 0 Å². The Morgan fingerprint density at radius 1 is 0.556 bits per heavy atom. The molecular weight excluding hydrogens is 328 g/mol. The Balaban J connectivity index is 1.61. The Labute approximate surface area is 157 Å². The van der Waals surface area contributed by atoms with E-state index in [4.69, 9.17) is 0 Å². The van der Waals surface area contributed by atoms with E-state index < -0.39 is 0 Å². The smallest absolute Gasteiger partial charge is 0.0640 e. The van der Waals surface area contributed by atoms with Gasteiger partial charge in [-0.2, -0.15) is 5.10 Å². The lowest BCUT2D eigenvalue weighted by Crippen LogP contribution is -1.94. The van der Waals surface area contributed by atoms with Crippen LogP contribution in [0, 0.1) is 0 Å². The Morgan fingerprint density at radius 3 is 1.81 bits per heavy atom. The summed E-state index contributed by atoms with van der Waals surface area (Å²) in [7, 11) is 0. The molecule has 2 heteroatoms. The zero-order valence-corrected chi connectivity index (χ0v) is 14.8. The van der Waals surface area contributed by atoms with Gasteiger partial charge in [0.15, 0.2) is 0 Å². The maximum Gasteiger partial charge on any atom is 0.0640 e. The number of nitrogens with zero attached hydrogens (tertiary/aromatic N) is 1. The van der Waals surface area contributed by atoms with Gasteiger partial charge in [0.1, 0.15) is 0 Å². The third-order valence-electron chi connectivity index (χ3n) is 4.98. The molecule has 0 spiro atoms. The second kappa shape index (κ2) is 6.58. The van der Waals surface area contributed by atoms with Crippen LogP contribution in [0.3, 0.4) is 0 Å². The predicted molar refractivity (Wildman–Crippen MR) is 117 cm³/mol. The highest BCUT2D eigenvalue weighted by Gasteiger charge is 2.05. The Morgan fingerprint density at radius 2 is 1.11 bits per heavy atom. The summed E-state index contributed by atoms with van der Waals surface area (Å²) in [5.41, 5.74) is 5.38. The summed E-state index contributed by atoms with van der Waals surface area (Å²) in [5.74, 6) is 0. The van der Waals surface area contributed by atoms with E-state index in [0.717, 1.165) is 11.3 Å². The molecule has 0 unspecified atom stereocenters. The predicted octanol–water partition coefficient (Wildman–Crippen LogP) is 6.59. The fraction of sp³-hybridized carbons (Fsp3) is 0. The topological polar surface area (TPSA) is 24.4 Å². The van der Waals surface area contributed by atoms with E-state index in [0.29, 0.717) is 0 Å². The van der Waals surface area contributed by atoms with Gasteiger partial charge in [0.25, 0.3) is 0 Å². The molecule has 0 heterocycles. The van der Waals surface area contributed by atoms with Crippen molar-refractivity contribution in [1.29, 1.82) is 0 Å². The molecule has 0 aromatic heterocycles. The number of benzene rings is 5. The van der Waals surface area contributed by atoms with E-state index >= 15 is 0 Å². The Kier molecular flexibility index (Phi) is 3.80. The molecule has 128 valence electrons. The van der Waals surface area contributed by atoms with E-state index in [1.54, 1.807) is 0 Å². The van der Waals surface area contributed by atoms with Gasteiger partial charge in [-0.25, -0.2) is 0 Å². The molecule has 0 bridgehead atoms. The van der Waals surface area contributed by atoms with Gasteiger partial charge in [-0.1, -0.05) is 84.9 Å². The van der Waals surface area contributed by atoms with Crippen molar-refractivity contribution in [2.24, 2.45) is 5.10 Å². The summed E-state index contributed by atoms with van der Waals surface area (Å²) < 4.78 is 0. The molecule has 0 atom stereocenters. The van der Waals surface area contributed by atoms with Crippen molar-refractivity contribution >= 4 is 44.2 Å². The van der Waals surface area contributed by atoms with Crippen molar-refractivity contribution in [3.05, 3.63) is 103 Å². The molecule has 2 nitrogen and oxygen atoms in total. The number of nitrogens with one attached hydrogen (secondary N) is 1. The highest BCUT2D eigenvalue weighted by Crippen LogP contribution is 2.27. The van der Waals surface area contributed by atoms with E-state index in [9.17, 15) is 0 Å². The van der Waals surface area contributed by atoms with Crippen LogP contribution in [-0.4, -0.2) is 6.21 Å². The SMILES string of the molecule is C(=N/Nc1cccc2ccccc12)/c1c2ccccc2cc2ccccc12. The monoisotopic (exact) mass is 346 g/mol. The molecule has 5 aromatic carbocycles. The first-order valence-corrected chi connectivity index (χ1v) is 9.07. The summed E-state index contributed by atoms with van der Waals surface area (Å²) >= 11 is 0. The van der Waals surface area contributed by atoms with Crippen LogP contribution in [0.25, 0.3) is 32.3 Å². The van der Waals surface area contributed by atoms with Crippen LogP contribution in [0.1, 0.15) is 5.56 Å². The minimum absolute atomic E-state index is 1.01. The minimum atomic E-state index is 1.01. The average Bonchev–Trinajstić information content (AvgIpc) is 2.73. The standard InChI is InChI=1S/C25H18N2/c1-6-14-23-18(8-1)11-7-15-25(23)27-26-17-24-21-12-4-2-9-19(21)16-20-10-3-5-13-22(20)24/h1-17,27H/b26-17-. The quantitative estimate of drug-likeness (QED) is 0.222. The molecule has 0 aliphatic rings. The lowest BCUT2D eigenvalue weighted by molar-refractivity contribution is 1.37. The first-order valence-electron chi connectivity index (χ1n) is 9.07. The number of hydrogen-bond donors (Lipinski definition) is 1. The molecule has 0 aliphatic heterocycles. The van der Waals surface area contributed by atoms with Crippen LogP contribution >= 0.6 is 0 Å². The van der Waals surface area contributed by atoms with Crippen LogP contribution in [0.2, 0.25) is 0 Å². The normalized spacial score (nSPS) is 11.6. The van der Waals surface area contributed by atoms with E-state index in [-0.39, 0.29) is 0 Å². The van der Waals surface area contributed by atoms with Crippen molar-refractivity contribution in [3.8, 4) is 0 Å². The van der Waals surface area contributed by atoms with Crippen molar-refractivity contribution in [2.75, 3.05) is 5.43 Å². The lowest BCUT2D eigenvalue weighted by atomic mass is 9.97. The average molecular weight is 346 g/mol. The fourth-order valence-electron chi connectivity index (χ4n) is 3.68. The molecule has 1 N–H and O–H groups in total. The van der Waals surface area contributed by atoms with Crippen LogP contribution in [-0.2, 0) is 0 Å². The van der Waals surface area contributed by atoms with Gasteiger partial charge >= 0.3 is 0 Å². The van der Waals surface area contributed by atoms with Crippen LogP contribution in [0.15, 0.2) is 102 Å². The Hall–Kier alpha value is -3.65. The molecule has 0 fully saturated rings. The van der Waals surface area contributed by atoms with Crippen LogP contribution in [0.4, 0.5) is 5.69 Å². The van der Waals surface area contributed by atoms with E-state index in [2.05, 4.69) is 102 Å². The third-order valence-corrected chi connectivity index (χ3v) is 4.98. The molecule has 5 aromatic rings. The summed E-state index contributed by atoms with van der Waals surface area (Å²) in [6.45, 7) is 0. The molecule has 27 heavy (non-hydrogen) atoms. The Bertz CT molecular complexity index is 1240. The maximum absolute atomic E-state index is 4.59. The molecule has 0 aliphatic carbocycles. The van der Waals surface area contributed by atoms with Crippen molar-refractivity contribution < 1.29 is 0 Å². The second-order valence-corrected chi connectivity index (χ2v) is 6.63.